The maximum absolute atomic E-state index is 12.3. The van der Waals surface area contributed by atoms with Gasteiger partial charge in [-0.05, 0) is 25.0 Å². The van der Waals surface area contributed by atoms with Gasteiger partial charge in [0.2, 0.25) is 5.91 Å². The Labute approximate surface area is 161 Å². The Balaban J connectivity index is 1.44. The van der Waals surface area contributed by atoms with E-state index in [9.17, 15) is 9.59 Å². The summed E-state index contributed by atoms with van der Waals surface area (Å²) < 4.78 is 5.50. The van der Waals surface area contributed by atoms with Gasteiger partial charge in [0.25, 0.3) is 5.91 Å². The van der Waals surface area contributed by atoms with Crippen molar-refractivity contribution in [1.29, 1.82) is 0 Å². The summed E-state index contributed by atoms with van der Waals surface area (Å²) in [6.45, 7) is 4.50. The number of carbonyl (C=O) groups excluding carboxylic acids is 2. The van der Waals surface area contributed by atoms with Crippen LogP contribution in [-0.2, 0) is 9.53 Å². The molecule has 0 spiro atoms. The molecule has 0 atom stereocenters. The number of morpholine rings is 1. The highest BCUT2D eigenvalue weighted by Gasteiger charge is 2.38. The zero-order chi connectivity index (χ0) is 19.0. The first-order valence-electron chi connectivity index (χ1n) is 10.1. The minimum atomic E-state index is -0.138. The van der Waals surface area contributed by atoms with Crippen molar-refractivity contribution < 1.29 is 14.3 Å². The molecule has 0 unspecified atom stereocenters. The summed E-state index contributed by atoms with van der Waals surface area (Å²) in [4.78, 5) is 26.9. The number of hydrogen-bond acceptors (Lipinski definition) is 4. The molecule has 2 fully saturated rings. The predicted molar refractivity (Wildman–Crippen MR) is 105 cm³/mol. The first-order valence-corrected chi connectivity index (χ1v) is 10.1. The fourth-order valence-corrected chi connectivity index (χ4v) is 4.19. The van der Waals surface area contributed by atoms with Crippen LogP contribution in [0.5, 0.6) is 0 Å². The van der Waals surface area contributed by atoms with E-state index < -0.39 is 0 Å². The topological polar surface area (TPSA) is 70.7 Å². The normalized spacial score (nSPS) is 20.0. The van der Waals surface area contributed by atoms with Crippen LogP contribution >= 0.6 is 0 Å². The summed E-state index contributed by atoms with van der Waals surface area (Å²) in [5.41, 5.74) is 0.691. The average Bonchev–Trinajstić information content (AvgIpc) is 2.74. The first kappa shape index (κ1) is 19.8. The summed E-state index contributed by atoms with van der Waals surface area (Å²) in [7, 11) is 0. The van der Waals surface area contributed by atoms with Crippen molar-refractivity contribution in [2.24, 2.45) is 0 Å². The smallest absolute Gasteiger partial charge is 0.251 e. The number of nitrogens with zero attached hydrogens (tertiary/aromatic N) is 1. The lowest BCUT2D eigenvalue weighted by Gasteiger charge is -2.48. The molecule has 0 bridgehead atoms. The van der Waals surface area contributed by atoms with Gasteiger partial charge in [-0.2, -0.15) is 0 Å². The summed E-state index contributed by atoms with van der Waals surface area (Å²) in [5.74, 6) is -0.137. The minimum Gasteiger partial charge on any atom is -0.379 e. The third-order valence-corrected chi connectivity index (χ3v) is 5.75. The van der Waals surface area contributed by atoms with Crippen LogP contribution in [-0.4, -0.2) is 61.6 Å². The molecule has 2 amide bonds. The molecule has 0 radical (unpaired) electrons. The van der Waals surface area contributed by atoms with Crippen molar-refractivity contribution in [3.8, 4) is 0 Å². The Hall–Kier alpha value is -1.92. The van der Waals surface area contributed by atoms with Gasteiger partial charge in [-0.25, -0.2) is 0 Å². The number of carbonyl (C=O) groups is 2. The Morgan fingerprint density at radius 3 is 2.41 bits per heavy atom. The van der Waals surface area contributed by atoms with Crippen molar-refractivity contribution in [1.82, 2.24) is 15.5 Å². The monoisotopic (exact) mass is 373 g/mol. The van der Waals surface area contributed by atoms with Crippen LogP contribution in [0, 0.1) is 0 Å². The van der Waals surface area contributed by atoms with Gasteiger partial charge in [0.15, 0.2) is 0 Å². The lowest BCUT2D eigenvalue weighted by molar-refractivity contribution is -0.122. The van der Waals surface area contributed by atoms with E-state index in [4.69, 9.17) is 4.74 Å². The molecule has 6 nitrogen and oxygen atoms in total. The number of amides is 2. The number of hydrogen-bond donors (Lipinski definition) is 2. The molecule has 1 saturated carbocycles. The maximum Gasteiger partial charge on any atom is 0.251 e. The molecule has 1 aliphatic carbocycles. The highest BCUT2D eigenvalue weighted by molar-refractivity contribution is 5.94. The van der Waals surface area contributed by atoms with Gasteiger partial charge in [-0.1, -0.05) is 37.5 Å². The molecule has 0 aromatic heterocycles. The van der Waals surface area contributed by atoms with Gasteiger partial charge in [0, 0.05) is 43.7 Å². The second-order valence-electron chi connectivity index (χ2n) is 7.53. The zero-order valence-electron chi connectivity index (χ0n) is 16.0. The van der Waals surface area contributed by atoms with Crippen molar-refractivity contribution in [2.45, 2.75) is 44.1 Å². The predicted octanol–water partition coefficient (Wildman–Crippen LogP) is 1.96. The molecule has 1 aliphatic heterocycles. The van der Waals surface area contributed by atoms with E-state index in [0.29, 0.717) is 25.1 Å². The number of rotatable bonds is 7. The Morgan fingerprint density at radius 1 is 1.00 bits per heavy atom. The van der Waals surface area contributed by atoms with Crippen LogP contribution < -0.4 is 10.6 Å². The number of nitrogens with one attached hydrogen (secondary N) is 2. The van der Waals surface area contributed by atoms with E-state index >= 15 is 0 Å². The molecule has 6 heteroatoms. The molecule has 1 aromatic rings. The molecule has 27 heavy (non-hydrogen) atoms. The van der Waals surface area contributed by atoms with Crippen molar-refractivity contribution in [2.75, 3.05) is 39.4 Å². The number of ether oxygens (including phenoxy) is 1. The van der Waals surface area contributed by atoms with Gasteiger partial charge < -0.3 is 15.4 Å². The molecular weight excluding hydrogens is 342 g/mol. The summed E-state index contributed by atoms with van der Waals surface area (Å²) in [6.07, 6.45) is 6.31. The molecule has 1 heterocycles. The molecular formula is C21H31N3O3. The lowest BCUT2D eigenvalue weighted by atomic mass is 9.79. The second-order valence-corrected chi connectivity index (χ2v) is 7.53. The summed E-state index contributed by atoms with van der Waals surface area (Å²) in [6, 6.07) is 9.07. The lowest BCUT2D eigenvalue weighted by Crippen LogP contribution is -2.59. The largest absolute Gasteiger partial charge is 0.379 e. The van der Waals surface area contributed by atoms with Crippen LogP contribution in [0.2, 0.25) is 0 Å². The standard InChI is InChI=1S/C21H31N3O3/c25-19(9-12-22-20(26)18-7-3-1-4-8-18)23-17-21(10-5-2-6-11-21)24-13-15-27-16-14-24/h1,3-4,7-8H,2,5-6,9-17H2,(H,22,26)(H,23,25). The molecule has 1 saturated heterocycles. The van der Waals surface area contributed by atoms with E-state index in [1.807, 2.05) is 18.2 Å². The van der Waals surface area contributed by atoms with Gasteiger partial charge in [0.05, 0.1) is 13.2 Å². The third kappa shape index (κ3) is 5.53. The maximum atomic E-state index is 12.3. The third-order valence-electron chi connectivity index (χ3n) is 5.75. The van der Waals surface area contributed by atoms with Crippen LogP contribution in [0.15, 0.2) is 30.3 Å². The van der Waals surface area contributed by atoms with Crippen LogP contribution in [0.4, 0.5) is 0 Å². The molecule has 1 aromatic carbocycles. The molecule has 3 rings (SSSR count). The van der Waals surface area contributed by atoms with E-state index in [1.54, 1.807) is 12.1 Å². The molecule has 2 aliphatic rings. The van der Waals surface area contributed by atoms with E-state index in [-0.39, 0.29) is 17.4 Å². The van der Waals surface area contributed by atoms with E-state index in [0.717, 1.165) is 39.1 Å². The van der Waals surface area contributed by atoms with Crippen LogP contribution in [0.3, 0.4) is 0 Å². The van der Waals surface area contributed by atoms with Crippen molar-refractivity contribution in [3.05, 3.63) is 35.9 Å². The van der Waals surface area contributed by atoms with Gasteiger partial charge in [0.1, 0.15) is 0 Å². The molecule has 2 N–H and O–H groups in total. The number of benzene rings is 1. The highest BCUT2D eigenvalue weighted by Crippen LogP contribution is 2.33. The first-order chi connectivity index (χ1) is 13.2. The van der Waals surface area contributed by atoms with E-state index in [1.165, 1.54) is 19.3 Å². The van der Waals surface area contributed by atoms with Crippen molar-refractivity contribution in [3.63, 3.8) is 0 Å². The SMILES string of the molecule is O=C(CCNC(=O)c1ccccc1)NCC1(N2CCOCC2)CCCCC1. The highest BCUT2D eigenvalue weighted by atomic mass is 16.5. The van der Waals surface area contributed by atoms with Crippen LogP contribution in [0.1, 0.15) is 48.9 Å². The van der Waals surface area contributed by atoms with Gasteiger partial charge >= 0.3 is 0 Å². The van der Waals surface area contributed by atoms with Gasteiger partial charge in [-0.15, -0.1) is 0 Å². The van der Waals surface area contributed by atoms with Crippen LogP contribution in [0.25, 0.3) is 0 Å². The quantitative estimate of drug-likeness (QED) is 0.767. The fourth-order valence-electron chi connectivity index (χ4n) is 4.19. The summed E-state index contributed by atoms with van der Waals surface area (Å²) in [5, 5.41) is 5.95. The van der Waals surface area contributed by atoms with Gasteiger partial charge in [-0.3, -0.25) is 14.5 Å². The van der Waals surface area contributed by atoms with Crippen molar-refractivity contribution >= 4 is 11.8 Å². The Bertz CT molecular complexity index is 608. The Kier molecular flexibility index (Phi) is 7.24. The zero-order valence-corrected chi connectivity index (χ0v) is 16.0. The summed E-state index contributed by atoms with van der Waals surface area (Å²) >= 11 is 0. The Morgan fingerprint density at radius 2 is 1.70 bits per heavy atom. The average molecular weight is 373 g/mol. The molecule has 148 valence electrons. The fraction of sp³-hybridized carbons (Fsp3) is 0.619. The second kappa shape index (κ2) is 9.85. The minimum absolute atomic E-state index is 0.00145. The van der Waals surface area contributed by atoms with E-state index in [2.05, 4.69) is 15.5 Å².